The second-order valence-corrected chi connectivity index (χ2v) is 9.52. The van der Waals surface area contributed by atoms with E-state index in [1.54, 1.807) is 6.92 Å². The maximum Gasteiger partial charge on any atom is 0.261 e. The average molecular weight is 425 g/mol. The summed E-state index contributed by atoms with van der Waals surface area (Å²) >= 11 is 0. The van der Waals surface area contributed by atoms with Crippen LogP contribution in [0, 0.1) is 0 Å². The monoisotopic (exact) mass is 424 g/mol. The highest BCUT2D eigenvalue weighted by Crippen LogP contribution is 2.24. The van der Waals surface area contributed by atoms with Crippen molar-refractivity contribution in [3.8, 4) is 11.5 Å². The quantitative estimate of drug-likeness (QED) is 0.709. The fourth-order valence-electron chi connectivity index (χ4n) is 3.61. The summed E-state index contributed by atoms with van der Waals surface area (Å²) < 4.78 is 11.9. The molecule has 1 saturated heterocycles. The number of nitrogens with zero attached hydrogens (tertiary/aromatic N) is 1. The summed E-state index contributed by atoms with van der Waals surface area (Å²) in [6, 6.07) is 15.9. The van der Waals surface area contributed by atoms with E-state index < -0.39 is 6.10 Å². The predicted molar refractivity (Wildman–Crippen MR) is 125 cm³/mol. The maximum absolute atomic E-state index is 12.4. The van der Waals surface area contributed by atoms with Crippen LogP contribution in [-0.4, -0.2) is 43.2 Å². The van der Waals surface area contributed by atoms with Crippen LogP contribution in [0.1, 0.15) is 51.7 Å². The number of hydrogen-bond donors (Lipinski definition) is 1. The van der Waals surface area contributed by atoms with Crippen LogP contribution in [0.4, 0.5) is 0 Å². The number of nitrogens with one attached hydrogen (secondary N) is 1. The van der Waals surface area contributed by atoms with Gasteiger partial charge in [0.1, 0.15) is 17.6 Å². The molecule has 1 N–H and O–H groups in total. The molecule has 1 aliphatic heterocycles. The first-order chi connectivity index (χ1) is 14.7. The van der Waals surface area contributed by atoms with Crippen molar-refractivity contribution >= 4 is 5.91 Å². The molecule has 5 nitrogen and oxygen atoms in total. The van der Waals surface area contributed by atoms with Crippen LogP contribution in [0.5, 0.6) is 11.5 Å². The Hall–Kier alpha value is -2.53. The van der Waals surface area contributed by atoms with Gasteiger partial charge in [0.2, 0.25) is 0 Å². The Morgan fingerprint density at radius 1 is 1.03 bits per heavy atom. The average Bonchev–Trinajstić information content (AvgIpc) is 2.74. The van der Waals surface area contributed by atoms with E-state index in [9.17, 15) is 4.79 Å². The van der Waals surface area contributed by atoms with E-state index in [4.69, 9.17) is 9.47 Å². The molecule has 0 aliphatic carbocycles. The molecule has 0 saturated carbocycles. The predicted octanol–water partition coefficient (Wildman–Crippen LogP) is 4.54. The van der Waals surface area contributed by atoms with Crippen LogP contribution in [0.2, 0.25) is 0 Å². The van der Waals surface area contributed by atoms with Crippen molar-refractivity contribution in [2.45, 2.75) is 64.7 Å². The molecule has 168 valence electrons. The number of hydrogen-bond acceptors (Lipinski definition) is 4. The summed E-state index contributed by atoms with van der Waals surface area (Å²) in [6.45, 7) is 10.9. The van der Waals surface area contributed by atoms with Crippen molar-refractivity contribution in [1.29, 1.82) is 0 Å². The zero-order chi connectivity index (χ0) is 22.4. The third-order valence-electron chi connectivity index (χ3n) is 5.76. The van der Waals surface area contributed by atoms with Gasteiger partial charge in [-0.25, -0.2) is 0 Å². The van der Waals surface area contributed by atoms with Crippen molar-refractivity contribution in [2.75, 3.05) is 20.1 Å². The number of carbonyl (C=O) groups excluding carboxylic acids is 1. The van der Waals surface area contributed by atoms with E-state index in [1.165, 1.54) is 5.56 Å². The molecular weight excluding hydrogens is 388 g/mol. The third-order valence-corrected chi connectivity index (χ3v) is 5.76. The fourth-order valence-corrected chi connectivity index (χ4v) is 3.61. The van der Waals surface area contributed by atoms with Crippen LogP contribution < -0.4 is 14.8 Å². The van der Waals surface area contributed by atoms with Gasteiger partial charge >= 0.3 is 0 Å². The Bertz CT molecular complexity index is 832. The molecule has 1 aliphatic rings. The summed E-state index contributed by atoms with van der Waals surface area (Å²) in [6.07, 6.45) is 1.85. The van der Waals surface area contributed by atoms with Gasteiger partial charge in [0.25, 0.3) is 5.91 Å². The van der Waals surface area contributed by atoms with Crippen molar-refractivity contribution in [2.24, 2.45) is 0 Å². The molecule has 2 aromatic rings. The summed E-state index contributed by atoms with van der Waals surface area (Å²) in [5.74, 6) is 1.46. The molecule has 2 aromatic carbocycles. The summed E-state index contributed by atoms with van der Waals surface area (Å²) in [5, 5.41) is 2.95. The van der Waals surface area contributed by atoms with E-state index in [2.05, 4.69) is 50.2 Å². The molecule has 0 spiro atoms. The maximum atomic E-state index is 12.4. The first-order valence-corrected chi connectivity index (χ1v) is 11.2. The molecule has 1 atom stereocenters. The van der Waals surface area contributed by atoms with Crippen molar-refractivity contribution < 1.29 is 14.3 Å². The Balaban J connectivity index is 1.44. The number of benzene rings is 2. The first-order valence-electron chi connectivity index (χ1n) is 11.2. The Morgan fingerprint density at radius 3 is 2.19 bits per heavy atom. The lowest BCUT2D eigenvalue weighted by atomic mass is 9.87. The second kappa shape index (κ2) is 10.2. The molecule has 31 heavy (non-hydrogen) atoms. The van der Waals surface area contributed by atoms with E-state index in [1.807, 2.05) is 36.4 Å². The van der Waals surface area contributed by atoms with E-state index in [0.717, 1.165) is 37.2 Å². The first kappa shape index (κ1) is 23.1. The minimum atomic E-state index is -0.562. The van der Waals surface area contributed by atoms with E-state index in [0.29, 0.717) is 12.3 Å². The summed E-state index contributed by atoms with van der Waals surface area (Å²) in [5.41, 5.74) is 2.36. The zero-order valence-corrected chi connectivity index (χ0v) is 19.5. The number of carbonyl (C=O) groups is 1. The minimum absolute atomic E-state index is 0.0925. The highest BCUT2D eigenvalue weighted by Gasteiger charge is 2.18. The van der Waals surface area contributed by atoms with Gasteiger partial charge < -0.3 is 19.7 Å². The van der Waals surface area contributed by atoms with Gasteiger partial charge in [0.05, 0.1) is 0 Å². The number of likely N-dealkylation sites (tertiary alicyclic amines) is 1. The molecule has 0 unspecified atom stereocenters. The topological polar surface area (TPSA) is 50.8 Å². The lowest BCUT2D eigenvalue weighted by Crippen LogP contribution is -2.36. The summed E-state index contributed by atoms with van der Waals surface area (Å²) in [7, 11) is 2.15. The molecule has 3 rings (SSSR count). The number of ether oxygens (including phenoxy) is 2. The molecule has 1 heterocycles. The van der Waals surface area contributed by atoms with Crippen molar-refractivity contribution in [3.63, 3.8) is 0 Å². The molecular formula is C26H36N2O3. The van der Waals surface area contributed by atoms with Gasteiger partial charge in [-0.05, 0) is 67.6 Å². The lowest BCUT2D eigenvalue weighted by molar-refractivity contribution is -0.127. The van der Waals surface area contributed by atoms with E-state index >= 15 is 0 Å². The normalized spacial score (nSPS) is 16.5. The van der Waals surface area contributed by atoms with Crippen LogP contribution in [0.25, 0.3) is 0 Å². The standard InChI is InChI=1S/C26H36N2O3/c1-19(30-22-12-8-21(9-13-22)26(2,3)4)25(29)27-18-20-6-10-23(11-7-20)31-24-14-16-28(5)17-15-24/h6-13,19,24H,14-18H2,1-5H3,(H,27,29)/t19-/m1/s1. The number of rotatable bonds is 7. The van der Waals surface area contributed by atoms with Crippen LogP contribution in [0.15, 0.2) is 48.5 Å². The fraction of sp³-hybridized carbons (Fsp3) is 0.500. The Labute approximate surface area is 186 Å². The van der Waals surface area contributed by atoms with Gasteiger partial charge in [-0.1, -0.05) is 45.0 Å². The smallest absolute Gasteiger partial charge is 0.261 e. The van der Waals surface area contributed by atoms with Crippen molar-refractivity contribution in [3.05, 3.63) is 59.7 Å². The molecule has 5 heteroatoms. The van der Waals surface area contributed by atoms with Gasteiger partial charge in [0.15, 0.2) is 6.10 Å². The third kappa shape index (κ3) is 7.00. The molecule has 1 amide bonds. The molecule has 0 aromatic heterocycles. The number of amides is 1. The minimum Gasteiger partial charge on any atom is -0.490 e. The summed E-state index contributed by atoms with van der Waals surface area (Å²) in [4.78, 5) is 14.8. The van der Waals surface area contributed by atoms with Gasteiger partial charge in [-0.2, -0.15) is 0 Å². The Kier molecular flexibility index (Phi) is 7.60. The highest BCUT2D eigenvalue weighted by molar-refractivity contribution is 5.80. The Morgan fingerprint density at radius 2 is 1.61 bits per heavy atom. The largest absolute Gasteiger partial charge is 0.490 e. The number of piperidine rings is 1. The van der Waals surface area contributed by atoms with Crippen LogP contribution in [-0.2, 0) is 16.8 Å². The van der Waals surface area contributed by atoms with Crippen LogP contribution >= 0.6 is 0 Å². The van der Waals surface area contributed by atoms with Crippen LogP contribution in [0.3, 0.4) is 0 Å². The molecule has 0 bridgehead atoms. The highest BCUT2D eigenvalue weighted by atomic mass is 16.5. The van der Waals surface area contributed by atoms with Gasteiger partial charge in [-0.15, -0.1) is 0 Å². The SMILES string of the molecule is C[C@@H](Oc1ccc(C(C)(C)C)cc1)C(=O)NCc1ccc(OC2CCN(C)CC2)cc1. The van der Waals surface area contributed by atoms with Gasteiger partial charge in [0, 0.05) is 19.6 Å². The van der Waals surface area contributed by atoms with Gasteiger partial charge in [-0.3, -0.25) is 4.79 Å². The lowest BCUT2D eigenvalue weighted by Gasteiger charge is -2.29. The molecule has 1 fully saturated rings. The second-order valence-electron chi connectivity index (χ2n) is 9.52. The molecule has 0 radical (unpaired) electrons. The zero-order valence-electron chi connectivity index (χ0n) is 19.5. The van der Waals surface area contributed by atoms with E-state index in [-0.39, 0.29) is 17.4 Å². The van der Waals surface area contributed by atoms with Crippen molar-refractivity contribution in [1.82, 2.24) is 10.2 Å².